The van der Waals surface area contributed by atoms with Gasteiger partial charge in [-0.2, -0.15) is 0 Å². The summed E-state index contributed by atoms with van der Waals surface area (Å²) >= 11 is 0. The largest absolute Gasteiger partial charge is 0.310 e. The molecule has 100 valence electrons. The first-order valence-electron chi connectivity index (χ1n) is 6.68. The Morgan fingerprint density at radius 2 is 2.16 bits per heavy atom. The molecule has 0 atom stereocenters. The van der Waals surface area contributed by atoms with Crippen molar-refractivity contribution < 1.29 is 4.39 Å². The number of hydrogen-bond donors (Lipinski definition) is 1. The monoisotopic (exact) mass is 259 g/mol. The van der Waals surface area contributed by atoms with E-state index in [4.69, 9.17) is 0 Å². The zero-order chi connectivity index (χ0) is 13.4. The van der Waals surface area contributed by atoms with Gasteiger partial charge in [0.2, 0.25) is 0 Å². The number of aromatic nitrogens is 2. The Morgan fingerprint density at radius 3 is 2.79 bits per heavy atom. The highest BCUT2D eigenvalue weighted by Crippen LogP contribution is 2.23. The second-order valence-corrected chi connectivity index (χ2v) is 5.21. The Kier molecular flexibility index (Phi) is 3.11. The number of aryl methyl sites for hydroxylation is 1. The van der Waals surface area contributed by atoms with Gasteiger partial charge in [-0.3, -0.25) is 0 Å². The molecule has 3 rings (SSSR count). The maximum Gasteiger partial charge on any atom is 0.123 e. The Labute approximate surface area is 112 Å². The molecule has 0 saturated heterocycles. The highest BCUT2D eigenvalue weighted by Gasteiger charge is 2.21. The first-order valence-corrected chi connectivity index (χ1v) is 6.68. The fraction of sp³-hybridized carbons (Fsp3) is 0.400. The van der Waals surface area contributed by atoms with Gasteiger partial charge in [-0.25, -0.2) is 9.37 Å². The van der Waals surface area contributed by atoms with Gasteiger partial charge in [0, 0.05) is 18.3 Å². The molecule has 2 aromatic rings. The Morgan fingerprint density at radius 1 is 1.37 bits per heavy atom. The lowest BCUT2D eigenvalue weighted by Gasteiger charge is -2.13. The van der Waals surface area contributed by atoms with E-state index in [1.54, 1.807) is 12.4 Å². The van der Waals surface area contributed by atoms with Crippen LogP contribution in [0.15, 0.2) is 24.5 Å². The molecule has 0 unspecified atom stereocenters. The summed E-state index contributed by atoms with van der Waals surface area (Å²) in [6.07, 6.45) is 4.26. The zero-order valence-corrected chi connectivity index (χ0v) is 11.3. The molecule has 0 radical (unpaired) electrons. The van der Waals surface area contributed by atoms with Gasteiger partial charge in [-0.1, -0.05) is 0 Å². The second-order valence-electron chi connectivity index (χ2n) is 5.21. The molecule has 3 nitrogen and oxygen atoms in total. The van der Waals surface area contributed by atoms with Gasteiger partial charge in [0.05, 0.1) is 17.7 Å². The van der Waals surface area contributed by atoms with Gasteiger partial charge in [-0.15, -0.1) is 0 Å². The molecule has 1 heterocycles. The third-order valence-electron chi connectivity index (χ3n) is 3.71. The first kappa shape index (κ1) is 12.4. The molecule has 1 aromatic heterocycles. The minimum atomic E-state index is -0.189. The van der Waals surface area contributed by atoms with Crippen LogP contribution in [0.3, 0.4) is 0 Å². The molecular weight excluding hydrogens is 241 g/mol. The van der Waals surface area contributed by atoms with Crippen LogP contribution < -0.4 is 5.32 Å². The van der Waals surface area contributed by atoms with Crippen molar-refractivity contribution in [1.82, 2.24) is 14.9 Å². The summed E-state index contributed by atoms with van der Waals surface area (Å²) in [6, 6.07) is 5.55. The summed E-state index contributed by atoms with van der Waals surface area (Å²) in [7, 11) is 0. The van der Waals surface area contributed by atoms with Crippen molar-refractivity contribution in [2.75, 3.05) is 0 Å². The predicted molar refractivity (Wildman–Crippen MR) is 72.9 cm³/mol. The highest BCUT2D eigenvalue weighted by atomic mass is 19.1. The molecule has 1 fully saturated rings. The molecule has 0 amide bonds. The summed E-state index contributed by atoms with van der Waals surface area (Å²) in [5.41, 5.74) is 4.09. The van der Waals surface area contributed by atoms with Gasteiger partial charge >= 0.3 is 0 Å². The molecule has 0 aliphatic heterocycles. The Hall–Kier alpha value is -1.68. The van der Waals surface area contributed by atoms with E-state index >= 15 is 0 Å². The smallest absolute Gasteiger partial charge is 0.123 e. The van der Waals surface area contributed by atoms with Gasteiger partial charge in [0.1, 0.15) is 5.82 Å². The van der Waals surface area contributed by atoms with Crippen molar-refractivity contribution in [2.24, 2.45) is 0 Å². The molecule has 0 bridgehead atoms. The van der Waals surface area contributed by atoms with Crippen LogP contribution in [0, 0.1) is 19.7 Å². The minimum absolute atomic E-state index is 0.189. The highest BCUT2D eigenvalue weighted by molar-refractivity contribution is 5.43. The van der Waals surface area contributed by atoms with Crippen LogP contribution in [-0.4, -0.2) is 15.6 Å². The van der Waals surface area contributed by atoms with Crippen molar-refractivity contribution >= 4 is 0 Å². The van der Waals surface area contributed by atoms with Crippen molar-refractivity contribution in [3.8, 4) is 5.69 Å². The summed E-state index contributed by atoms with van der Waals surface area (Å²) < 4.78 is 15.5. The summed E-state index contributed by atoms with van der Waals surface area (Å²) in [4.78, 5) is 4.31. The lowest BCUT2D eigenvalue weighted by molar-refractivity contribution is 0.618. The van der Waals surface area contributed by atoms with Crippen LogP contribution in [-0.2, 0) is 6.54 Å². The number of benzene rings is 1. The Balaban J connectivity index is 1.96. The molecular formula is C15H18FN3. The average molecular weight is 259 g/mol. The maximum absolute atomic E-state index is 13.5. The molecule has 1 saturated carbocycles. The second kappa shape index (κ2) is 4.78. The topological polar surface area (TPSA) is 29.9 Å². The fourth-order valence-electron chi connectivity index (χ4n) is 2.21. The standard InChI is InChI=1S/C15H18FN3/c1-10-11(2)19(9-18-10)15-6-3-13(16)7-12(15)8-17-14-4-5-14/h3,6-7,9,14,17H,4-5,8H2,1-2H3. The number of nitrogens with one attached hydrogen (secondary N) is 1. The fourth-order valence-corrected chi connectivity index (χ4v) is 2.21. The van der Waals surface area contributed by atoms with E-state index in [1.165, 1.54) is 18.9 Å². The molecule has 1 aliphatic carbocycles. The van der Waals surface area contributed by atoms with Gasteiger partial charge in [0.25, 0.3) is 0 Å². The predicted octanol–water partition coefficient (Wildman–Crippen LogP) is 2.88. The molecule has 1 N–H and O–H groups in total. The first-order chi connectivity index (χ1) is 9.15. The molecule has 0 spiro atoms. The van der Waals surface area contributed by atoms with Gasteiger partial charge < -0.3 is 9.88 Å². The number of rotatable bonds is 4. The van der Waals surface area contributed by atoms with Crippen molar-refractivity contribution in [3.63, 3.8) is 0 Å². The quantitative estimate of drug-likeness (QED) is 0.915. The third kappa shape index (κ3) is 2.54. The Bertz CT molecular complexity index is 599. The molecule has 1 aliphatic rings. The maximum atomic E-state index is 13.5. The molecule has 1 aromatic carbocycles. The van der Waals surface area contributed by atoms with E-state index < -0.39 is 0 Å². The molecule has 19 heavy (non-hydrogen) atoms. The zero-order valence-electron chi connectivity index (χ0n) is 11.3. The van der Waals surface area contributed by atoms with Gasteiger partial charge in [-0.05, 0) is 50.5 Å². The van der Waals surface area contributed by atoms with Crippen molar-refractivity contribution in [2.45, 2.75) is 39.3 Å². The number of imidazole rings is 1. The minimum Gasteiger partial charge on any atom is -0.310 e. The van der Waals surface area contributed by atoms with Crippen molar-refractivity contribution in [3.05, 3.63) is 47.3 Å². The van der Waals surface area contributed by atoms with E-state index in [-0.39, 0.29) is 5.82 Å². The summed E-state index contributed by atoms with van der Waals surface area (Å²) in [6.45, 7) is 4.72. The average Bonchev–Trinajstić information content (AvgIpc) is 3.16. The van der Waals surface area contributed by atoms with Crippen LogP contribution in [0.25, 0.3) is 5.69 Å². The number of hydrogen-bond acceptors (Lipinski definition) is 2. The van der Waals surface area contributed by atoms with Crippen LogP contribution in [0.1, 0.15) is 29.8 Å². The lowest BCUT2D eigenvalue weighted by Crippen LogP contribution is -2.17. The van der Waals surface area contributed by atoms with E-state index in [1.807, 2.05) is 24.5 Å². The van der Waals surface area contributed by atoms with E-state index in [0.29, 0.717) is 12.6 Å². The van der Waals surface area contributed by atoms with Crippen LogP contribution in [0.2, 0.25) is 0 Å². The molecule has 4 heteroatoms. The summed E-state index contributed by atoms with van der Waals surface area (Å²) in [5, 5.41) is 3.44. The third-order valence-corrected chi connectivity index (χ3v) is 3.71. The van der Waals surface area contributed by atoms with E-state index in [9.17, 15) is 4.39 Å². The summed E-state index contributed by atoms with van der Waals surface area (Å²) in [5.74, 6) is -0.189. The van der Waals surface area contributed by atoms with Crippen molar-refractivity contribution in [1.29, 1.82) is 0 Å². The number of nitrogens with zero attached hydrogens (tertiary/aromatic N) is 2. The van der Waals surface area contributed by atoms with E-state index in [0.717, 1.165) is 22.6 Å². The number of halogens is 1. The van der Waals surface area contributed by atoms with Crippen LogP contribution in [0.5, 0.6) is 0 Å². The SMILES string of the molecule is Cc1ncn(-c2ccc(F)cc2CNC2CC2)c1C. The lowest BCUT2D eigenvalue weighted by atomic mass is 10.1. The van der Waals surface area contributed by atoms with Gasteiger partial charge in [0.15, 0.2) is 0 Å². The van der Waals surface area contributed by atoms with Crippen LogP contribution in [0.4, 0.5) is 4.39 Å². The normalized spacial score (nSPS) is 14.9. The van der Waals surface area contributed by atoms with E-state index in [2.05, 4.69) is 10.3 Å². The van der Waals surface area contributed by atoms with Crippen LogP contribution >= 0.6 is 0 Å².